The molecule has 1 aliphatic rings. The summed E-state index contributed by atoms with van der Waals surface area (Å²) in [6.45, 7) is 0.631. The van der Waals surface area contributed by atoms with Crippen molar-refractivity contribution < 1.29 is 10.2 Å². The van der Waals surface area contributed by atoms with E-state index in [2.05, 4.69) is 72.8 Å². The highest BCUT2D eigenvalue weighted by Crippen LogP contribution is 2.34. The first-order valence-corrected chi connectivity index (χ1v) is 8.72. The molecule has 1 aliphatic carbocycles. The first-order chi connectivity index (χ1) is 11.9. The van der Waals surface area contributed by atoms with Crippen LogP contribution in [0.25, 0.3) is 0 Å². The monoisotopic (exact) mass is 332 g/mol. The molecule has 0 aromatic heterocycles. The normalized spacial score (nSPS) is 15.8. The van der Waals surface area contributed by atoms with Crippen molar-refractivity contribution >= 4 is 0 Å². The summed E-state index contributed by atoms with van der Waals surface area (Å²) in [7, 11) is 0. The van der Waals surface area contributed by atoms with Crippen molar-refractivity contribution in [2.75, 3.05) is 0 Å². The molecule has 4 rings (SSSR count). The molecule has 3 aromatic rings. The summed E-state index contributed by atoms with van der Waals surface area (Å²) >= 11 is 0. The van der Waals surface area contributed by atoms with Crippen LogP contribution in [0.3, 0.4) is 0 Å². The predicted molar refractivity (Wildman–Crippen MR) is 102 cm³/mol. The quantitative estimate of drug-likeness (QED) is 0.682. The Kier molecular flexibility index (Phi) is 5.52. The lowest BCUT2D eigenvalue weighted by atomic mass is 9.80. The minimum atomic E-state index is 0. The van der Waals surface area contributed by atoms with Gasteiger partial charge in [-0.3, -0.25) is 0 Å². The molecule has 0 aliphatic heterocycles. The van der Waals surface area contributed by atoms with Crippen LogP contribution in [-0.4, -0.2) is 5.48 Å². The minimum absolute atomic E-state index is 0. The van der Waals surface area contributed by atoms with E-state index in [0.717, 1.165) is 18.6 Å². The van der Waals surface area contributed by atoms with Gasteiger partial charge in [0.2, 0.25) is 0 Å². The van der Waals surface area contributed by atoms with E-state index >= 15 is 0 Å². The van der Waals surface area contributed by atoms with Gasteiger partial charge in [0.05, 0.1) is 0 Å². The molecule has 2 nitrogen and oxygen atoms in total. The molecule has 1 atom stereocenters. The summed E-state index contributed by atoms with van der Waals surface area (Å²) in [6.07, 6.45) is 3.49. The van der Waals surface area contributed by atoms with Crippen LogP contribution < -0.4 is 4.74 Å². The second-order valence-electron chi connectivity index (χ2n) is 6.56. The van der Waals surface area contributed by atoms with Crippen LogP contribution >= 0.6 is 0 Å². The Morgan fingerprint density at radius 2 is 1.52 bits per heavy atom. The first kappa shape index (κ1) is 17.2. The van der Waals surface area contributed by atoms with Crippen molar-refractivity contribution in [3.05, 3.63) is 101 Å². The van der Waals surface area contributed by atoms with E-state index in [1.54, 1.807) is 0 Å². The molecular formula is C23H24O2. The molecule has 2 N–H and O–H groups in total. The summed E-state index contributed by atoms with van der Waals surface area (Å²) in [5.41, 5.74) is 5.60. The van der Waals surface area contributed by atoms with Crippen molar-refractivity contribution in [2.45, 2.75) is 31.8 Å². The van der Waals surface area contributed by atoms with Gasteiger partial charge in [0.15, 0.2) is 0 Å². The van der Waals surface area contributed by atoms with Gasteiger partial charge < -0.3 is 10.2 Å². The molecule has 0 saturated carbocycles. The molecule has 0 bridgehead atoms. The van der Waals surface area contributed by atoms with E-state index in [0.29, 0.717) is 12.5 Å². The van der Waals surface area contributed by atoms with Gasteiger partial charge >= 0.3 is 0 Å². The van der Waals surface area contributed by atoms with Gasteiger partial charge in [-0.05, 0) is 59.6 Å². The van der Waals surface area contributed by atoms with Gasteiger partial charge in [0.1, 0.15) is 12.4 Å². The van der Waals surface area contributed by atoms with Gasteiger partial charge in [0, 0.05) is 0 Å². The number of ether oxygens (including phenoxy) is 1. The van der Waals surface area contributed by atoms with Crippen molar-refractivity contribution in [3.8, 4) is 5.75 Å². The van der Waals surface area contributed by atoms with Crippen LogP contribution in [0.4, 0.5) is 0 Å². The van der Waals surface area contributed by atoms with Crippen molar-refractivity contribution in [3.63, 3.8) is 0 Å². The number of hydrogen-bond acceptors (Lipinski definition) is 1. The van der Waals surface area contributed by atoms with Gasteiger partial charge in [0.25, 0.3) is 0 Å². The topological polar surface area (TPSA) is 40.7 Å². The number of rotatable bonds is 4. The average molecular weight is 332 g/mol. The number of hydrogen-bond donors (Lipinski definition) is 0. The molecule has 0 unspecified atom stereocenters. The zero-order valence-electron chi connectivity index (χ0n) is 14.3. The molecule has 25 heavy (non-hydrogen) atoms. The molecular weight excluding hydrogens is 308 g/mol. The Labute approximate surface area is 149 Å². The van der Waals surface area contributed by atoms with Gasteiger partial charge in [-0.1, -0.05) is 66.7 Å². The Morgan fingerprint density at radius 3 is 2.28 bits per heavy atom. The smallest absolute Gasteiger partial charge is 0.120 e. The predicted octanol–water partition coefficient (Wildman–Crippen LogP) is 4.71. The standard InChI is InChI=1S/C23H22O.H2O/c1-3-7-18(8-4-1)17-24-23-14-13-21-15-20(11-12-22(21)16-23)19-9-5-2-6-10-19;/h1-10,13-14,16,20H,11-12,15,17H2;1H2/t20-;/m0./s1. The second kappa shape index (κ2) is 8.00. The highest BCUT2D eigenvalue weighted by Gasteiger charge is 2.20. The van der Waals surface area contributed by atoms with Gasteiger partial charge in [-0.2, -0.15) is 0 Å². The third-order valence-electron chi connectivity index (χ3n) is 4.93. The molecule has 0 radical (unpaired) electrons. The Morgan fingerprint density at radius 1 is 0.800 bits per heavy atom. The van der Waals surface area contributed by atoms with Crippen LogP contribution in [0, 0.1) is 0 Å². The average Bonchev–Trinajstić information content (AvgIpc) is 2.67. The largest absolute Gasteiger partial charge is 0.489 e. The van der Waals surface area contributed by atoms with Crippen LogP contribution in [0.5, 0.6) is 5.75 Å². The maximum Gasteiger partial charge on any atom is 0.120 e. The molecule has 0 saturated heterocycles. The Hall–Kier alpha value is -2.58. The summed E-state index contributed by atoms with van der Waals surface area (Å²) in [4.78, 5) is 0. The fourth-order valence-corrected chi connectivity index (χ4v) is 3.57. The lowest BCUT2D eigenvalue weighted by Gasteiger charge is -2.25. The van der Waals surface area contributed by atoms with Crippen LogP contribution in [0.1, 0.15) is 34.6 Å². The molecule has 0 spiro atoms. The molecule has 0 amide bonds. The Balaban J connectivity index is 0.00000182. The van der Waals surface area contributed by atoms with Crippen LogP contribution in [0.15, 0.2) is 78.9 Å². The molecule has 3 aromatic carbocycles. The fraction of sp³-hybridized carbons (Fsp3) is 0.217. The third kappa shape index (κ3) is 4.09. The van der Waals surface area contributed by atoms with E-state index in [9.17, 15) is 0 Å². The molecule has 0 fully saturated rings. The zero-order chi connectivity index (χ0) is 16.2. The lowest BCUT2D eigenvalue weighted by molar-refractivity contribution is 0.305. The van der Waals surface area contributed by atoms with Gasteiger partial charge in [-0.15, -0.1) is 0 Å². The summed E-state index contributed by atoms with van der Waals surface area (Å²) in [6, 6.07) is 27.8. The summed E-state index contributed by atoms with van der Waals surface area (Å²) in [5, 5.41) is 0. The van der Waals surface area contributed by atoms with Crippen LogP contribution in [0.2, 0.25) is 0 Å². The van der Waals surface area contributed by atoms with E-state index < -0.39 is 0 Å². The SMILES string of the molecule is O.c1ccc(COc2ccc3c(c2)CC[C@H](c2ccccc2)C3)cc1. The van der Waals surface area contributed by atoms with E-state index in [1.165, 1.54) is 28.7 Å². The van der Waals surface area contributed by atoms with Crippen molar-refractivity contribution in [1.82, 2.24) is 0 Å². The number of benzene rings is 3. The molecule has 128 valence electrons. The second-order valence-corrected chi connectivity index (χ2v) is 6.56. The zero-order valence-corrected chi connectivity index (χ0v) is 14.3. The van der Waals surface area contributed by atoms with Crippen LogP contribution in [-0.2, 0) is 19.4 Å². The van der Waals surface area contributed by atoms with E-state index in [-0.39, 0.29) is 5.48 Å². The molecule has 0 heterocycles. The summed E-state index contributed by atoms with van der Waals surface area (Å²) in [5.74, 6) is 1.63. The highest BCUT2D eigenvalue weighted by atomic mass is 16.5. The number of fused-ring (bicyclic) bond motifs is 1. The minimum Gasteiger partial charge on any atom is -0.489 e. The Bertz CT molecular complexity index is 797. The van der Waals surface area contributed by atoms with Gasteiger partial charge in [-0.25, -0.2) is 0 Å². The van der Waals surface area contributed by atoms with Crippen molar-refractivity contribution in [1.29, 1.82) is 0 Å². The first-order valence-electron chi connectivity index (χ1n) is 8.72. The highest BCUT2D eigenvalue weighted by molar-refractivity contribution is 5.39. The maximum absolute atomic E-state index is 5.97. The number of aryl methyl sites for hydroxylation is 1. The third-order valence-corrected chi connectivity index (χ3v) is 4.93. The van der Waals surface area contributed by atoms with E-state index in [1.807, 2.05) is 6.07 Å². The van der Waals surface area contributed by atoms with Crippen molar-refractivity contribution in [2.24, 2.45) is 0 Å². The maximum atomic E-state index is 5.97. The lowest BCUT2D eigenvalue weighted by Crippen LogP contribution is -2.12. The fourth-order valence-electron chi connectivity index (χ4n) is 3.57. The van der Waals surface area contributed by atoms with E-state index in [4.69, 9.17) is 4.74 Å². The summed E-state index contributed by atoms with van der Waals surface area (Å²) < 4.78 is 5.97. The molecule has 2 heteroatoms.